The second-order valence-corrected chi connectivity index (χ2v) is 6.18. The molecule has 0 saturated heterocycles. The van der Waals surface area contributed by atoms with E-state index in [1.165, 1.54) is 12.1 Å². The molecule has 0 aliphatic rings. The zero-order valence-corrected chi connectivity index (χ0v) is 15.7. The Kier molecular flexibility index (Phi) is 6.42. The van der Waals surface area contributed by atoms with E-state index in [1.54, 1.807) is 23.1 Å². The van der Waals surface area contributed by atoms with Crippen LogP contribution < -0.4 is 5.73 Å². The number of carboxylic acid groups (broad SMARTS) is 1. The van der Waals surface area contributed by atoms with Crippen LogP contribution in [0.2, 0.25) is 0 Å². The van der Waals surface area contributed by atoms with Crippen molar-refractivity contribution in [3.05, 3.63) is 83.8 Å². The average Bonchev–Trinajstić information content (AvgIpc) is 3.20. The largest absolute Gasteiger partial charge is 0.483 e. The van der Waals surface area contributed by atoms with Gasteiger partial charge in [-0.05, 0) is 30.3 Å². The first-order valence-corrected chi connectivity index (χ1v) is 8.86. The molecule has 0 spiro atoms. The molecule has 4 aromatic rings. The molecular formula is C21H17FN6O2. The van der Waals surface area contributed by atoms with Gasteiger partial charge in [0.1, 0.15) is 17.6 Å². The molecule has 4 rings (SSSR count). The Morgan fingerprint density at radius 1 is 1.23 bits per heavy atom. The normalized spacial score (nSPS) is 11.2. The van der Waals surface area contributed by atoms with Crippen molar-refractivity contribution in [2.75, 3.05) is 0 Å². The number of nitrogens with two attached hydrogens (primary N) is 1. The second kappa shape index (κ2) is 9.36. The fourth-order valence-corrected chi connectivity index (χ4v) is 3.03. The van der Waals surface area contributed by atoms with Crippen LogP contribution in [-0.4, -0.2) is 31.3 Å². The lowest BCUT2D eigenvalue weighted by Crippen LogP contribution is -2.19. The van der Waals surface area contributed by atoms with Crippen LogP contribution >= 0.6 is 0 Å². The molecule has 1 atom stereocenters. The molecule has 1 aromatic carbocycles. The van der Waals surface area contributed by atoms with Gasteiger partial charge in [-0.25, -0.2) is 14.1 Å². The highest BCUT2D eigenvalue weighted by Gasteiger charge is 2.19. The van der Waals surface area contributed by atoms with Gasteiger partial charge in [0.25, 0.3) is 6.47 Å². The summed E-state index contributed by atoms with van der Waals surface area (Å²) in [4.78, 5) is 16.8. The van der Waals surface area contributed by atoms with E-state index < -0.39 is 11.9 Å². The molecule has 0 unspecified atom stereocenters. The predicted octanol–water partition coefficient (Wildman–Crippen LogP) is 2.77. The van der Waals surface area contributed by atoms with Crippen molar-refractivity contribution in [2.45, 2.75) is 12.5 Å². The van der Waals surface area contributed by atoms with Crippen LogP contribution in [0.5, 0.6) is 0 Å². The smallest absolute Gasteiger partial charge is 0.290 e. The quantitative estimate of drug-likeness (QED) is 0.500. The molecule has 0 fully saturated rings. The number of rotatable bonds is 4. The maximum absolute atomic E-state index is 14.1. The lowest BCUT2D eigenvalue weighted by Gasteiger charge is -2.16. The lowest BCUT2D eigenvalue weighted by molar-refractivity contribution is -0.122. The summed E-state index contributed by atoms with van der Waals surface area (Å²) in [5.74, 6) is -0.494. The lowest BCUT2D eigenvalue weighted by atomic mass is 10.1. The summed E-state index contributed by atoms with van der Waals surface area (Å²) in [6.45, 7) is -0.250. The molecule has 3 N–H and O–H groups in total. The van der Waals surface area contributed by atoms with Crippen LogP contribution in [0.1, 0.15) is 23.1 Å². The van der Waals surface area contributed by atoms with E-state index in [0.717, 1.165) is 16.6 Å². The number of para-hydroxylation sites is 1. The van der Waals surface area contributed by atoms with Crippen molar-refractivity contribution in [1.82, 2.24) is 19.7 Å². The van der Waals surface area contributed by atoms with Gasteiger partial charge in [-0.1, -0.05) is 18.2 Å². The number of hydrogen-bond donors (Lipinski definition) is 2. The zero-order valence-electron chi connectivity index (χ0n) is 15.7. The van der Waals surface area contributed by atoms with E-state index >= 15 is 0 Å². The molecule has 0 amide bonds. The standard InChI is InChI=1S/C20H15FN6.CH2O2/c21-15-8-7-14(11-22)26-17(15)10-16(23)20-19(6-3-9-24-20)27-18-5-2-1-4-13(18)12-25-27;2-1-3/h1-9,12,16H,10,23H2;1H,(H,2,3)/t16-;/m0./s1. The first-order chi connectivity index (χ1) is 14.6. The molecule has 0 aliphatic carbocycles. The van der Waals surface area contributed by atoms with Gasteiger partial charge in [-0.15, -0.1) is 0 Å². The number of pyridine rings is 2. The SMILES string of the molecule is N#Cc1ccc(F)c(C[C@H](N)c2ncccc2-n2ncc3ccccc32)n1.O=CO. The van der Waals surface area contributed by atoms with Crippen LogP contribution in [0, 0.1) is 17.1 Å². The number of fused-ring (bicyclic) bond motifs is 1. The van der Waals surface area contributed by atoms with Crippen LogP contribution in [-0.2, 0) is 11.2 Å². The number of nitriles is 1. The van der Waals surface area contributed by atoms with Crippen molar-refractivity contribution in [3.63, 3.8) is 0 Å². The Hall–Kier alpha value is -4.16. The maximum atomic E-state index is 14.1. The fourth-order valence-electron chi connectivity index (χ4n) is 3.03. The highest BCUT2D eigenvalue weighted by Crippen LogP contribution is 2.24. The van der Waals surface area contributed by atoms with Crippen molar-refractivity contribution in [2.24, 2.45) is 5.73 Å². The Morgan fingerprint density at radius 3 is 2.77 bits per heavy atom. The van der Waals surface area contributed by atoms with Gasteiger partial charge >= 0.3 is 0 Å². The molecule has 8 nitrogen and oxygen atoms in total. The van der Waals surface area contributed by atoms with Crippen LogP contribution in [0.15, 0.2) is 60.9 Å². The van der Waals surface area contributed by atoms with E-state index in [9.17, 15) is 4.39 Å². The molecule has 0 bridgehead atoms. The Labute approximate surface area is 171 Å². The van der Waals surface area contributed by atoms with Gasteiger partial charge in [-0.2, -0.15) is 10.4 Å². The summed E-state index contributed by atoms with van der Waals surface area (Å²) < 4.78 is 15.9. The molecule has 0 radical (unpaired) electrons. The monoisotopic (exact) mass is 404 g/mol. The second-order valence-electron chi connectivity index (χ2n) is 6.18. The number of aromatic nitrogens is 4. The van der Waals surface area contributed by atoms with E-state index in [4.69, 9.17) is 20.9 Å². The molecule has 3 aromatic heterocycles. The summed E-state index contributed by atoms with van der Waals surface area (Å²) in [6.07, 6.45) is 3.53. The third kappa shape index (κ3) is 4.29. The first kappa shape index (κ1) is 20.6. The van der Waals surface area contributed by atoms with Gasteiger partial charge in [-0.3, -0.25) is 9.78 Å². The van der Waals surface area contributed by atoms with E-state index in [2.05, 4.69) is 15.1 Å². The van der Waals surface area contributed by atoms with Crippen molar-refractivity contribution < 1.29 is 14.3 Å². The third-order valence-electron chi connectivity index (χ3n) is 4.32. The topological polar surface area (TPSA) is 131 Å². The average molecular weight is 404 g/mol. The van der Waals surface area contributed by atoms with Gasteiger partial charge < -0.3 is 10.8 Å². The van der Waals surface area contributed by atoms with Crippen LogP contribution in [0.3, 0.4) is 0 Å². The highest BCUT2D eigenvalue weighted by atomic mass is 19.1. The van der Waals surface area contributed by atoms with Crippen LogP contribution in [0.4, 0.5) is 4.39 Å². The third-order valence-corrected chi connectivity index (χ3v) is 4.32. The number of halogens is 1. The molecule has 0 saturated carbocycles. The predicted molar refractivity (Wildman–Crippen MR) is 107 cm³/mol. The summed E-state index contributed by atoms with van der Waals surface area (Å²) >= 11 is 0. The van der Waals surface area contributed by atoms with E-state index in [1.807, 2.05) is 36.4 Å². The Bertz CT molecular complexity index is 1220. The molecular weight excluding hydrogens is 387 g/mol. The summed E-state index contributed by atoms with van der Waals surface area (Å²) in [6, 6.07) is 15.4. The molecule has 9 heteroatoms. The Balaban J connectivity index is 0.000000806. The minimum Gasteiger partial charge on any atom is -0.483 e. The fraction of sp³-hybridized carbons (Fsp3) is 0.0952. The Morgan fingerprint density at radius 2 is 2.00 bits per heavy atom. The summed E-state index contributed by atoms with van der Waals surface area (Å²) in [5, 5.41) is 21.3. The first-order valence-electron chi connectivity index (χ1n) is 8.86. The van der Waals surface area contributed by atoms with E-state index in [-0.39, 0.29) is 24.3 Å². The number of benzene rings is 1. The minimum atomic E-state index is -0.611. The zero-order chi connectivity index (χ0) is 21.5. The molecule has 150 valence electrons. The molecule has 3 heterocycles. The maximum Gasteiger partial charge on any atom is 0.290 e. The minimum absolute atomic E-state index is 0.116. The van der Waals surface area contributed by atoms with Gasteiger partial charge in [0.2, 0.25) is 0 Å². The van der Waals surface area contributed by atoms with Crippen molar-refractivity contribution >= 4 is 17.4 Å². The van der Waals surface area contributed by atoms with Crippen molar-refractivity contribution in [3.8, 4) is 11.8 Å². The summed E-state index contributed by atoms with van der Waals surface area (Å²) in [7, 11) is 0. The van der Waals surface area contributed by atoms with Gasteiger partial charge in [0, 0.05) is 18.0 Å². The number of hydrogen-bond acceptors (Lipinski definition) is 6. The number of carbonyl (C=O) groups is 1. The van der Waals surface area contributed by atoms with E-state index in [0.29, 0.717) is 5.69 Å². The molecule has 30 heavy (non-hydrogen) atoms. The van der Waals surface area contributed by atoms with Gasteiger partial charge in [0.15, 0.2) is 0 Å². The highest BCUT2D eigenvalue weighted by molar-refractivity contribution is 5.80. The van der Waals surface area contributed by atoms with Crippen LogP contribution in [0.25, 0.3) is 16.6 Å². The molecule has 0 aliphatic heterocycles. The van der Waals surface area contributed by atoms with Crippen molar-refractivity contribution in [1.29, 1.82) is 5.26 Å². The van der Waals surface area contributed by atoms with Gasteiger partial charge in [0.05, 0.1) is 34.8 Å². The summed E-state index contributed by atoms with van der Waals surface area (Å²) in [5.41, 5.74) is 8.87. The number of nitrogens with zero attached hydrogens (tertiary/aromatic N) is 5.